The summed E-state index contributed by atoms with van der Waals surface area (Å²) in [6.07, 6.45) is -0.0367. The fourth-order valence-corrected chi connectivity index (χ4v) is 2.85. The third-order valence-corrected chi connectivity index (χ3v) is 4.50. The van der Waals surface area contributed by atoms with Gasteiger partial charge in [-0.1, -0.05) is 26.0 Å². The molecule has 2 rings (SSSR count). The molecular weight excluding hydrogens is 306 g/mol. The minimum Gasteiger partial charge on any atom is -0.480 e. The van der Waals surface area contributed by atoms with E-state index < -0.39 is 12.0 Å². The second-order valence-electron chi connectivity index (χ2n) is 6.72. The van der Waals surface area contributed by atoms with E-state index >= 15 is 0 Å². The minimum absolute atomic E-state index is 0.0367. The molecule has 0 radical (unpaired) electrons. The summed E-state index contributed by atoms with van der Waals surface area (Å²) in [5.74, 6) is -0.771. The van der Waals surface area contributed by atoms with E-state index in [1.165, 1.54) is 5.56 Å². The lowest BCUT2D eigenvalue weighted by Gasteiger charge is -2.35. The van der Waals surface area contributed by atoms with Crippen LogP contribution in [0.2, 0.25) is 0 Å². The number of nitrogens with zero attached hydrogens (tertiary/aromatic N) is 2. The van der Waals surface area contributed by atoms with E-state index in [1.54, 1.807) is 0 Å². The number of hydrogen-bond donors (Lipinski definition) is 2. The number of carboxylic acids is 1. The average molecular weight is 333 g/mol. The fourth-order valence-electron chi connectivity index (χ4n) is 2.85. The number of amides is 1. The second kappa shape index (κ2) is 8.26. The maximum atomic E-state index is 12.2. The van der Waals surface area contributed by atoms with Crippen molar-refractivity contribution in [2.75, 3.05) is 38.5 Å². The number of rotatable bonds is 6. The molecule has 0 unspecified atom stereocenters. The normalized spacial score (nSPS) is 17.7. The Hall–Kier alpha value is -1.92. The molecule has 6 heteroatoms. The third-order valence-electron chi connectivity index (χ3n) is 4.50. The summed E-state index contributed by atoms with van der Waals surface area (Å²) >= 11 is 0. The molecule has 2 N–H and O–H groups in total. The molecule has 0 saturated carbocycles. The first kappa shape index (κ1) is 18.4. The van der Waals surface area contributed by atoms with Crippen molar-refractivity contribution in [3.8, 4) is 0 Å². The van der Waals surface area contributed by atoms with Crippen LogP contribution in [-0.4, -0.2) is 66.1 Å². The standard InChI is InChI=1S/C18H27N3O3/c1-13(2)14-4-6-15(7-5-14)19-17(22)12-16(18(23)24)21-10-8-20(3)9-11-21/h4-7,13,16H,8-12H2,1-3H3,(H,19,22)(H,23,24)/t16-/m1/s1. The van der Waals surface area contributed by atoms with Crippen LogP contribution in [0.4, 0.5) is 5.69 Å². The molecule has 1 fully saturated rings. The van der Waals surface area contributed by atoms with Crippen molar-refractivity contribution in [1.29, 1.82) is 0 Å². The zero-order valence-corrected chi connectivity index (χ0v) is 14.7. The molecule has 6 nitrogen and oxygen atoms in total. The molecule has 0 aliphatic carbocycles. The van der Waals surface area contributed by atoms with E-state index in [4.69, 9.17) is 0 Å². The van der Waals surface area contributed by atoms with Crippen LogP contribution in [0.3, 0.4) is 0 Å². The molecule has 0 bridgehead atoms. The number of carbonyl (C=O) groups is 2. The minimum atomic E-state index is -0.940. The Morgan fingerprint density at radius 2 is 1.71 bits per heavy atom. The highest BCUT2D eigenvalue weighted by Crippen LogP contribution is 2.18. The van der Waals surface area contributed by atoms with E-state index in [0.717, 1.165) is 13.1 Å². The van der Waals surface area contributed by atoms with Crippen LogP contribution in [-0.2, 0) is 9.59 Å². The Balaban J connectivity index is 1.94. The highest BCUT2D eigenvalue weighted by atomic mass is 16.4. The topological polar surface area (TPSA) is 72.9 Å². The van der Waals surface area contributed by atoms with E-state index in [-0.39, 0.29) is 12.3 Å². The first-order valence-corrected chi connectivity index (χ1v) is 8.42. The number of carbonyl (C=O) groups excluding carboxylic acids is 1. The lowest BCUT2D eigenvalue weighted by molar-refractivity contribution is -0.145. The Bertz CT molecular complexity index is 563. The van der Waals surface area contributed by atoms with Crippen molar-refractivity contribution in [2.45, 2.75) is 32.2 Å². The molecule has 1 aliphatic rings. The van der Waals surface area contributed by atoms with Crippen molar-refractivity contribution in [3.63, 3.8) is 0 Å². The molecule has 24 heavy (non-hydrogen) atoms. The molecule has 1 heterocycles. The van der Waals surface area contributed by atoms with Crippen molar-refractivity contribution >= 4 is 17.6 Å². The van der Waals surface area contributed by atoms with Gasteiger partial charge in [-0.15, -0.1) is 0 Å². The summed E-state index contributed by atoms with van der Waals surface area (Å²) < 4.78 is 0. The van der Waals surface area contributed by atoms with Gasteiger partial charge in [0.2, 0.25) is 5.91 Å². The lowest BCUT2D eigenvalue weighted by Crippen LogP contribution is -2.52. The SMILES string of the molecule is CC(C)c1ccc(NC(=O)C[C@H](C(=O)O)N2CCN(C)CC2)cc1. The van der Waals surface area contributed by atoms with Crippen LogP contribution in [0.5, 0.6) is 0 Å². The van der Waals surface area contributed by atoms with E-state index in [0.29, 0.717) is 24.7 Å². The summed E-state index contributed by atoms with van der Waals surface area (Å²) in [6, 6.07) is 6.91. The molecule has 1 atom stereocenters. The van der Waals surface area contributed by atoms with Crippen LogP contribution in [0.25, 0.3) is 0 Å². The number of carboxylic acid groups (broad SMARTS) is 1. The average Bonchev–Trinajstić information content (AvgIpc) is 2.54. The number of likely N-dealkylation sites (N-methyl/N-ethyl adjacent to an activating group) is 1. The van der Waals surface area contributed by atoms with Crippen LogP contribution >= 0.6 is 0 Å². The summed E-state index contributed by atoms with van der Waals surface area (Å²) in [7, 11) is 2.01. The van der Waals surface area contributed by atoms with Gasteiger partial charge in [-0.05, 0) is 30.7 Å². The summed E-state index contributed by atoms with van der Waals surface area (Å²) in [4.78, 5) is 27.8. The summed E-state index contributed by atoms with van der Waals surface area (Å²) in [5.41, 5.74) is 1.90. The highest BCUT2D eigenvalue weighted by molar-refractivity contribution is 5.94. The molecule has 1 aromatic rings. The van der Waals surface area contributed by atoms with E-state index in [9.17, 15) is 14.7 Å². The van der Waals surface area contributed by atoms with Crippen molar-refractivity contribution in [3.05, 3.63) is 29.8 Å². The van der Waals surface area contributed by atoms with Gasteiger partial charge in [-0.3, -0.25) is 14.5 Å². The predicted molar refractivity (Wildman–Crippen MR) is 94.3 cm³/mol. The highest BCUT2D eigenvalue weighted by Gasteiger charge is 2.30. The number of aliphatic carboxylic acids is 1. The number of benzene rings is 1. The molecule has 1 aliphatic heterocycles. The molecule has 0 spiro atoms. The maximum Gasteiger partial charge on any atom is 0.321 e. The molecular formula is C18H27N3O3. The largest absolute Gasteiger partial charge is 0.480 e. The summed E-state index contributed by atoms with van der Waals surface area (Å²) in [6.45, 7) is 7.21. The Morgan fingerprint density at radius 1 is 1.12 bits per heavy atom. The molecule has 1 saturated heterocycles. The van der Waals surface area contributed by atoms with Crippen LogP contribution < -0.4 is 5.32 Å². The van der Waals surface area contributed by atoms with Gasteiger partial charge in [0.25, 0.3) is 0 Å². The zero-order chi connectivity index (χ0) is 17.7. The Labute approximate surface area is 143 Å². The molecule has 1 aromatic carbocycles. The molecule has 1 amide bonds. The number of hydrogen-bond acceptors (Lipinski definition) is 4. The van der Waals surface area contributed by atoms with E-state index in [1.807, 2.05) is 36.2 Å². The predicted octanol–water partition coefficient (Wildman–Crippen LogP) is 1.84. The van der Waals surface area contributed by atoms with Crippen LogP contribution in [0.1, 0.15) is 31.7 Å². The van der Waals surface area contributed by atoms with Gasteiger partial charge in [0.05, 0.1) is 6.42 Å². The first-order chi connectivity index (χ1) is 11.4. The maximum absolute atomic E-state index is 12.2. The van der Waals surface area contributed by atoms with Gasteiger partial charge in [0, 0.05) is 31.9 Å². The van der Waals surface area contributed by atoms with Crippen LogP contribution in [0, 0.1) is 0 Å². The van der Waals surface area contributed by atoms with Crippen LogP contribution in [0.15, 0.2) is 24.3 Å². The third kappa shape index (κ3) is 5.04. The Morgan fingerprint density at radius 3 is 2.21 bits per heavy atom. The number of anilines is 1. The van der Waals surface area contributed by atoms with Gasteiger partial charge in [0.15, 0.2) is 0 Å². The number of nitrogens with one attached hydrogen (secondary N) is 1. The van der Waals surface area contributed by atoms with Gasteiger partial charge in [-0.2, -0.15) is 0 Å². The fraction of sp³-hybridized carbons (Fsp3) is 0.556. The van der Waals surface area contributed by atoms with Gasteiger partial charge < -0.3 is 15.3 Å². The van der Waals surface area contributed by atoms with E-state index in [2.05, 4.69) is 24.1 Å². The summed E-state index contributed by atoms with van der Waals surface area (Å²) in [5, 5.41) is 12.3. The molecule has 132 valence electrons. The lowest BCUT2D eigenvalue weighted by atomic mass is 10.0. The number of piperazine rings is 1. The van der Waals surface area contributed by atoms with Crippen molar-refractivity contribution in [1.82, 2.24) is 9.80 Å². The quantitative estimate of drug-likeness (QED) is 0.831. The van der Waals surface area contributed by atoms with Crippen molar-refractivity contribution < 1.29 is 14.7 Å². The van der Waals surface area contributed by atoms with Crippen molar-refractivity contribution in [2.24, 2.45) is 0 Å². The smallest absolute Gasteiger partial charge is 0.321 e. The zero-order valence-electron chi connectivity index (χ0n) is 14.7. The monoisotopic (exact) mass is 333 g/mol. The van der Waals surface area contributed by atoms with Gasteiger partial charge in [-0.25, -0.2) is 0 Å². The Kier molecular flexibility index (Phi) is 6.34. The van der Waals surface area contributed by atoms with Gasteiger partial charge in [0.1, 0.15) is 6.04 Å². The first-order valence-electron chi connectivity index (χ1n) is 8.42. The molecule has 0 aromatic heterocycles. The second-order valence-corrected chi connectivity index (χ2v) is 6.72. The van der Waals surface area contributed by atoms with Gasteiger partial charge >= 0.3 is 5.97 Å².